The molecule has 1 aromatic heterocycles. The lowest BCUT2D eigenvalue weighted by Crippen LogP contribution is -2.60. The van der Waals surface area contributed by atoms with Crippen LogP contribution in [0.1, 0.15) is 32.5 Å². The Bertz CT molecular complexity index is 1440. The minimum Gasteiger partial charge on any atom is -0.459 e. The Balaban J connectivity index is 1.76. The molecule has 1 fully saturated rings. The van der Waals surface area contributed by atoms with Gasteiger partial charge < -0.3 is 19.3 Å². The molecule has 13 heteroatoms. The van der Waals surface area contributed by atoms with Crippen LogP contribution in [0.25, 0.3) is 0 Å². The molecule has 0 aliphatic carbocycles. The number of hydrogen-bond acceptors (Lipinski definition) is 8. The van der Waals surface area contributed by atoms with Gasteiger partial charge in [0, 0.05) is 11.8 Å². The van der Waals surface area contributed by atoms with Gasteiger partial charge in [-0.25, -0.2) is 14.4 Å². The molecule has 2 N–H and O–H groups in total. The van der Waals surface area contributed by atoms with Crippen molar-refractivity contribution in [1.82, 2.24) is 9.55 Å². The molecule has 0 bridgehead atoms. The molecular formula is C25H21F3N2O8. The molecule has 1 saturated heterocycles. The molecule has 38 heavy (non-hydrogen) atoms. The fraction of sp³-hybridized carbons (Fsp3) is 0.280. The quantitative estimate of drug-likeness (QED) is 0.459. The number of carbonyl (C=O) groups is 2. The number of aromatic amines is 1. The number of nitrogens with one attached hydrogen (secondary N) is 1. The van der Waals surface area contributed by atoms with Crippen LogP contribution in [-0.2, 0) is 14.2 Å². The Labute approximate surface area is 212 Å². The number of halogens is 3. The minimum atomic E-state index is -5.53. The summed E-state index contributed by atoms with van der Waals surface area (Å²) in [6.45, 7) is 0.342. The molecule has 10 nitrogen and oxygen atoms in total. The average molecular weight is 534 g/mol. The second kappa shape index (κ2) is 10.3. The van der Waals surface area contributed by atoms with Crippen molar-refractivity contribution in [3.8, 4) is 0 Å². The highest BCUT2D eigenvalue weighted by atomic mass is 19.4. The van der Waals surface area contributed by atoms with E-state index in [1.54, 1.807) is 12.1 Å². The maximum Gasteiger partial charge on any atom is 0.425 e. The lowest BCUT2D eigenvalue weighted by atomic mass is 9.92. The number of aryl methyl sites for hydroxylation is 1. The topological polar surface area (TPSA) is 137 Å². The number of carbonyl (C=O) groups excluding carboxylic acids is 2. The number of benzene rings is 2. The van der Waals surface area contributed by atoms with Gasteiger partial charge in [0.15, 0.2) is 12.3 Å². The summed E-state index contributed by atoms with van der Waals surface area (Å²) in [5.41, 5.74) is -6.37. The highest BCUT2D eigenvalue weighted by molar-refractivity contribution is 5.90. The van der Waals surface area contributed by atoms with Crippen molar-refractivity contribution in [3.05, 3.63) is 104 Å². The standard InChI is InChI=1S/C25H21F3N2O8/c1-14-12-30(23(34)29-19(14)31)22-24(35,25(26,27)28)18(38-21(33)16-10-6-3-7-11-16)17(37-22)13-36-20(32)15-8-4-2-5-9-15/h2-12,17-18,22,35H,13H2,1H3,(H,29,31,34)/t17-,18-,22-,24-/m1/s1. The molecular weight excluding hydrogens is 513 g/mol. The van der Waals surface area contributed by atoms with Gasteiger partial charge in [0.2, 0.25) is 5.60 Å². The highest BCUT2D eigenvalue weighted by Gasteiger charge is 2.73. The van der Waals surface area contributed by atoms with Crippen molar-refractivity contribution < 1.29 is 42.1 Å². The van der Waals surface area contributed by atoms with Gasteiger partial charge in [-0.05, 0) is 31.2 Å². The third-order valence-corrected chi connectivity index (χ3v) is 5.94. The van der Waals surface area contributed by atoms with Gasteiger partial charge in [0.25, 0.3) is 5.56 Å². The van der Waals surface area contributed by atoms with E-state index in [0.29, 0.717) is 4.57 Å². The van der Waals surface area contributed by atoms with Crippen LogP contribution in [-0.4, -0.2) is 57.2 Å². The van der Waals surface area contributed by atoms with Crippen LogP contribution in [0.15, 0.2) is 76.4 Å². The zero-order valence-electron chi connectivity index (χ0n) is 19.7. The lowest BCUT2D eigenvalue weighted by molar-refractivity contribution is -0.304. The number of rotatable bonds is 6. The first kappa shape index (κ1) is 26.8. The van der Waals surface area contributed by atoms with Crippen LogP contribution < -0.4 is 11.2 Å². The van der Waals surface area contributed by atoms with Gasteiger partial charge in [0.05, 0.1) is 11.1 Å². The fourth-order valence-electron chi connectivity index (χ4n) is 3.97. The van der Waals surface area contributed by atoms with Crippen molar-refractivity contribution in [2.75, 3.05) is 6.61 Å². The number of aromatic nitrogens is 2. The minimum absolute atomic E-state index is 0.0819. The molecule has 3 aromatic rings. The van der Waals surface area contributed by atoms with Gasteiger partial charge in [-0.2, -0.15) is 13.2 Å². The Kier molecular flexibility index (Phi) is 7.24. The average Bonchev–Trinajstić information content (AvgIpc) is 3.18. The number of esters is 2. The number of ether oxygens (including phenoxy) is 3. The second-order valence-electron chi connectivity index (χ2n) is 8.49. The molecule has 1 aliphatic rings. The molecule has 0 radical (unpaired) electrons. The largest absolute Gasteiger partial charge is 0.459 e. The summed E-state index contributed by atoms with van der Waals surface area (Å²) >= 11 is 0. The summed E-state index contributed by atoms with van der Waals surface area (Å²) in [4.78, 5) is 51.3. The Morgan fingerprint density at radius 3 is 2.13 bits per heavy atom. The van der Waals surface area contributed by atoms with Gasteiger partial charge in [-0.3, -0.25) is 14.3 Å². The smallest absolute Gasteiger partial charge is 0.425 e. The van der Waals surface area contributed by atoms with Gasteiger partial charge in [0.1, 0.15) is 12.7 Å². The highest BCUT2D eigenvalue weighted by Crippen LogP contribution is 2.49. The molecule has 1 aliphatic heterocycles. The number of aliphatic hydroxyl groups is 1. The summed E-state index contributed by atoms with van der Waals surface area (Å²) in [6, 6.07) is 14.5. The van der Waals surface area contributed by atoms with E-state index in [2.05, 4.69) is 0 Å². The van der Waals surface area contributed by atoms with Crippen molar-refractivity contribution >= 4 is 11.9 Å². The fourth-order valence-corrected chi connectivity index (χ4v) is 3.97. The first-order chi connectivity index (χ1) is 17.9. The number of alkyl halides is 3. The van der Waals surface area contributed by atoms with Gasteiger partial charge in [-0.1, -0.05) is 36.4 Å². The zero-order valence-corrected chi connectivity index (χ0v) is 19.7. The van der Waals surface area contributed by atoms with Crippen molar-refractivity contribution in [1.29, 1.82) is 0 Å². The van der Waals surface area contributed by atoms with Crippen LogP contribution in [0, 0.1) is 6.92 Å². The van der Waals surface area contributed by atoms with Crippen LogP contribution in [0.3, 0.4) is 0 Å². The van der Waals surface area contributed by atoms with Crippen molar-refractivity contribution in [3.63, 3.8) is 0 Å². The molecule has 0 spiro atoms. The van der Waals surface area contributed by atoms with E-state index in [9.17, 15) is 37.5 Å². The SMILES string of the molecule is Cc1cn([C@@H]2O[C@H](COC(=O)c3ccccc3)[C@@H](OC(=O)c3ccccc3)[C@]2(O)C(F)(F)F)c(=O)[nH]c1=O. The Morgan fingerprint density at radius 2 is 1.58 bits per heavy atom. The molecule has 0 unspecified atom stereocenters. The van der Waals surface area contributed by atoms with Crippen LogP contribution in [0.2, 0.25) is 0 Å². The van der Waals surface area contributed by atoms with E-state index in [-0.39, 0.29) is 16.7 Å². The van der Waals surface area contributed by atoms with E-state index in [1.807, 2.05) is 4.98 Å². The van der Waals surface area contributed by atoms with E-state index in [4.69, 9.17) is 14.2 Å². The predicted molar refractivity (Wildman–Crippen MR) is 123 cm³/mol. The van der Waals surface area contributed by atoms with Gasteiger partial charge in [-0.15, -0.1) is 0 Å². The molecule has 0 amide bonds. The Hall–Kier alpha value is -4.23. The molecule has 4 atom stereocenters. The normalized spacial score (nSPS) is 23.1. The summed E-state index contributed by atoms with van der Waals surface area (Å²) in [5, 5.41) is 11.1. The third-order valence-electron chi connectivity index (χ3n) is 5.94. The maximum atomic E-state index is 14.5. The van der Waals surface area contributed by atoms with Crippen LogP contribution in [0.4, 0.5) is 13.2 Å². The number of hydrogen-bond donors (Lipinski definition) is 2. The number of H-pyrrole nitrogens is 1. The van der Waals surface area contributed by atoms with E-state index in [0.717, 1.165) is 6.20 Å². The molecule has 2 heterocycles. The Morgan fingerprint density at radius 1 is 1.03 bits per heavy atom. The number of nitrogens with zero attached hydrogens (tertiary/aromatic N) is 1. The predicted octanol–water partition coefficient (Wildman–Crippen LogP) is 2.12. The first-order valence-electron chi connectivity index (χ1n) is 11.2. The summed E-state index contributed by atoms with van der Waals surface area (Å²) in [5.74, 6) is -2.15. The zero-order chi connectivity index (χ0) is 27.7. The molecule has 4 rings (SSSR count). The third kappa shape index (κ3) is 4.97. The first-order valence-corrected chi connectivity index (χ1v) is 11.2. The van der Waals surface area contributed by atoms with Crippen LogP contribution in [0.5, 0.6) is 0 Å². The summed E-state index contributed by atoms with van der Waals surface area (Å²) < 4.78 is 59.5. The monoisotopic (exact) mass is 534 g/mol. The van der Waals surface area contributed by atoms with Crippen molar-refractivity contribution in [2.24, 2.45) is 0 Å². The second-order valence-corrected chi connectivity index (χ2v) is 8.49. The van der Waals surface area contributed by atoms with Crippen molar-refractivity contribution in [2.45, 2.75) is 37.1 Å². The van der Waals surface area contributed by atoms with Crippen LogP contribution >= 0.6 is 0 Å². The molecule has 200 valence electrons. The van der Waals surface area contributed by atoms with E-state index >= 15 is 0 Å². The maximum absolute atomic E-state index is 14.5. The molecule has 0 saturated carbocycles. The van der Waals surface area contributed by atoms with E-state index < -0.39 is 60.0 Å². The van der Waals surface area contributed by atoms with Gasteiger partial charge >= 0.3 is 23.8 Å². The van der Waals surface area contributed by atoms with E-state index in [1.165, 1.54) is 55.5 Å². The molecule has 2 aromatic carbocycles. The lowest BCUT2D eigenvalue weighted by Gasteiger charge is -2.35. The summed E-state index contributed by atoms with van der Waals surface area (Å²) in [7, 11) is 0. The summed E-state index contributed by atoms with van der Waals surface area (Å²) in [6.07, 6.45) is -11.6.